The summed E-state index contributed by atoms with van der Waals surface area (Å²) in [4.78, 5) is 0. The van der Waals surface area contributed by atoms with Crippen LogP contribution in [0.15, 0.2) is 0 Å². The number of rotatable bonds is 6. The van der Waals surface area contributed by atoms with Crippen LogP contribution in [0.1, 0.15) is 53.9 Å². The fourth-order valence-electron chi connectivity index (χ4n) is 3.00. The summed E-state index contributed by atoms with van der Waals surface area (Å²) in [6.07, 6.45) is 4.46. The highest BCUT2D eigenvalue weighted by Gasteiger charge is 2.53. The molecule has 2 nitrogen and oxygen atoms in total. The maximum Gasteiger partial charge on any atom is 0.0664 e. The molecule has 0 aromatic carbocycles. The lowest BCUT2D eigenvalue weighted by Crippen LogP contribution is -2.63. The Bertz CT molecular complexity index is 187. The zero-order valence-electron chi connectivity index (χ0n) is 11.0. The van der Waals surface area contributed by atoms with Gasteiger partial charge < -0.3 is 10.1 Å². The predicted molar refractivity (Wildman–Crippen MR) is 65.1 cm³/mol. The van der Waals surface area contributed by atoms with Crippen LogP contribution >= 0.6 is 0 Å². The van der Waals surface area contributed by atoms with Crippen LogP contribution in [0.3, 0.4) is 0 Å². The van der Waals surface area contributed by atoms with Crippen molar-refractivity contribution in [3.8, 4) is 0 Å². The van der Waals surface area contributed by atoms with Gasteiger partial charge in [0.1, 0.15) is 0 Å². The van der Waals surface area contributed by atoms with E-state index in [1.165, 1.54) is 19.3 Å². The lowest BCUT2D eigenvalue weighted by Gasteiger charge is -2.56. The van der Waals surface area contributed by atoms with Gasteiger partial charge in [-0.05, 0) is 39.7 Å². The van der Waals surface area contributed by atoms with Crippen molar-refractivity contribution in [3.63, 3.8) is 0 Å². The minimum atomic E-state index is 0.357. The maximum absolute atomic E-state index is 6.02. The smallest absolute Gasteiger partial charge is 0.0664 e. The monoisotopic (exact) mass is 213 g/mol. The summed E-state index contributed by atoms with van der Waals surface area (Å²) < 4.78 is 6.02. The average Bonchev–Trinajstić information content (AvgIpc) is 2.18. The molecule has 1 fully saturated rings. The molecule has 0 spiro atoms. The molecule has 0 aromatic rings. The van der Waals surface area contributed by atoms with Gasteiger partial charge in [-0.25, -0.2) is 0 Å². The first-order valence-electron chi connectivity index (χ1n) is 6.49. The maximum atomic E-state index is 6.02. The van der Waals surface area contributed by atoms with Gasteiger partial charge in [-0.15, -0.1) is 0 Å². The first-order valence-corrected chi connectivity index (χ1v) is 6.49. The summed E-state index contributed by atoms with van der Waals surface area (Å²) in [5, 5.41) is 3.60. The van der Waals surface area contributed by atoms with Gasteiger partial charge in [0.2, 0.25) is 0 Å². The summed E-state index contributed by atoms with van der Waals surface area (Å²) in [5.41, 5.74) is 0.389. The Hall–Kier alpha value is -0.0800. The van der Waals surface area contributed by atoms with Crippen molar-refractivity contribution in [3.05, 3.63) is 0 Å². The number of hydrogen-bond donors (Lipinski definition) is 1. The Labute approximate surface area is 94.8 Å². The largest absolute Gasteiger partial charge is 0.375 e. The van der Waals surface area contributed by atoms with E-state index in [0.717, 1.165) is 6.54 Å². The molecule has 0 bridgehead atoms. The molecule has 0 amide bonds. The van der Waals surface area contributed by atoms with E-state index >= 15 is 0 Å². The molecular formula is C13H27NO. The van der Waals surface area contributed by atoms with E-state index in [-0.39, 0.29) is 0 Å². The summed E-state index contributed by atoms with van der Waals surface area (Å²) in [6.45, 7) is 12.1. The van der Waals surface area contributed by atoms with Crippen LogP contribution < -0.4 is 5.32 Å². The van der Waals surface area contributed by atoms with E-state index in [1.54, 1.807) is 0 Å². The quantitative estimate of drug-likeness (QED) is 0.732. The van der Waals surface area contributed by atoms with Crippen LogP contribution in [0.4, 0.5) is 0 Å². The van der Waals surface area contributed by atoms with Gasteiger partial charge in [0.25, 0.3) is 0 Å². The van der Waals surface area contributed by atoms with Gasteiger partial charge in [0.05, 0.1) is 12.2 Å². The number of nitrogens with one attached hydrogen (secondary N) is 1. The fourth-order valence-corrected chi connectivity index (χ4v) is 3.00. The lowest BCUT2D eigenvalue weighted by atomic mass is 9.58. The summed E-state index contributed by atoms with van der Waals surface area (Å²) >= 11 is 0. The fraction of sp³-hybridized carbons (Fsp3) is 1.00. The zero-order valence-corrected chi connectivity index (χ0v) is 11.0. The molecule has 0 saturated heterocycles. The Morgan fingerprint density at radius 2 is 1.87 bits per heavy atom. The number of ether oxygens (including phenoxy) is 1. The molecule has 90 valence electrons. The first-order chi connectivity index (χ1) is 7.10. The second kappa shape index (κ2) is 5.31. The molecule has 2 heteroatoms. The topological polar surface area (TPSA) is 21.3 Å². The summed E-state index contributed by atoms with van der Waals surface area (Å²) in [5.74, 6) is 0. The molecule has 1 rings (SSSR count). The number of hydrogen-bond acceptors (Lipinski definition) is 2. The van der Waals surface area contributed by atoms with Crippen molar-refractivity contribution >= 4 is 0 Å². The van der Waals surface area contributed by atoms with Crippen molar-refractivity contribution < 1.29 is 4.74 Å². The standard InChI is InChI=1S/C13H27NO/c1-6-13(7-2)11(14-8-3)9-12(13)15-10(4)5/h10-12,14H,6-9H2,1-5H3. The van der Waals surface area contributed by atoms with Crippen molar-refractivity contribution in [2.75, 3.05) is 6.54 Å². The third kappa shape index (κ3) is 2.36. The van der Waals surface area contributed by atoms with Crippen molar-refractivity contribution in [1.82, 2.24) is 5.32 Å². The van der Waals surface area contributed by atoms with Crippen molar-refractivity contribution in [2.24, 2.45) is 5.41 Å². The second-order valence-corrected chi connectivity index (χ2v) is 4.96. The predicted octanol–water partition coefficient (Wildman–Crippen LogP) is 2.97. The van der Waals surface area contributed by atoms with E-state index in [1.807, 2.05) is 0 Å². The summed E-state index contributed by atoms with van der Waals surface area (Å²) in [6, 6.07) is 0.668. The molecule has 1 saturated carbocycles. The molecule has 15 heavy (non-hydrogen) atoms. The molecule has 0 radical (unpaired) electrons. The SMILES string of the molecule is CCNC1CC(OC(C)C)C1(CC)CC. The Balaban J connectivity index is 2.61. The van der Waals surface area contributed by atoms with Crippen LogP contribution in [0.2, 0.25) is 0 Å². The molecule has 1 aliphatic rings. The van der Waals surface area contributed by atoms with Crippen LogP contribution in [0.5, 0.6) is 0 Å². The average molecular weight is 213 g/mol. The van der Waals surface area contributed by atoms with Crippen LogP contribution in [0, 0.1) is 5.41 Å². The lowest BCUT2D eigenvalue weighted by molar-refractivity contribution is -0.158. The third-order valence-electron chi connectivity index (χ3n) is 3.99. The first kappa shape index (κ1) is 13.0. The highest BCUT2D eigenvalue weighted by molar-refractivity contribution is 5.06. The Morgan fingerprint density at radius 3 is 2.27 bits per heavy atom. The molecule has 1 N–H and O–H groups in total. The molecule has 1 aliphatic carbocycles. The molecule has 0 aromatic heterocycles. The van der Waals surface area contributed by atoms with Gasteiger partial charge in [-0.3, -0.25) is 0 Å². The van der Waals surface area contributed by atoms with Crippen molar-refractivity contribution in [1.29, 1.82) is 0 Å². The highest BCUT2D eigenvalue weighted by Crippen LogP contribution is 2.49. The van der Waals surface area contributed by atoms with E-state index in [9.17, 15) is 0 Å². The van der Waals surface area contributed by atoms with Gasteiger partial charge in [0, 0.05) is 11.5 Å². The van der Waals surface area contributed by atoms with E-state index < -0.39 is 0 Å². The second-order valence-electron chi connectivity index (χ2n) is 4.96. The van der Waals surface area contributed by atoms with Crippen LogP contribution in [-0.2, 0) is 4.74 Å². The highest BCUT2D eigenvalue weighted by atomic mass is 16.5. The summed E-state index contributed by atoms with van der Waals surface area (Å²) in [7, 11) is 0. The van der Waals surface area contributed by atoms with Crippen LogP contribution in [0.25, 0.3) is 0 Å². The Kier molecular flexibility index (Phi) is 4.60. The van der Waals surface area contributed by atoms with E-state index in [2.05, 4.69) is 39.9 Å². The molecule has 0 heterocycles. The van der Waals surface area contributed by atoms with Crippen LogP contribution in [-0.4, -0.2) is 24.8 Å². The van der Waals surface area contributed by atoms with E-state index in [4.69, 9.17) is 4.74 Å². The van der Waals surface area contributed by atoms with Gasteiger partial charge >= 0.3 is 0 Å². The van der Waals surface area contributed by atoms with Gasteiger partial charge in [0.15, 0.2) is 0 Å². The zero-order chi connectivity index (χ0) is 11.5. The van der Waals surface area contributed by atoms with Gasteiger partial charge in [-0.2, -0.15) is 0 Å². The van der Waals surface area contributed by atoms with Crippen molar-refractivity contribution in [2.45, 2.75) is 72.1 Å². The minimum Gasteiger partial charge on any atom is -0.375 e. The normalized spacial score (nSPS) is 29.2. The molecule has 2 unspecified atom stereocenters. The third-order valence-corrected chi connectivity index (χ3v) is 3.99. The molecular weight excluding hydrogens is 186 g/mol. The molecule has 0 aliphatic heterocycles. The van der Waals surface area contributed by atoms with Gasteiger partial charge in [-0.1, -0.05) is 20.8 Å². The minimum absolute atomic E-state index is 0.357. The Morgan fingerprint density at radius 1 is 1.27 bits per heavy atom. The van der Waals surface area contributed by atoms with E-state index in [0.29, 0.717) is 23.7 Å². The molecule has 2 atom stereocenters.